The van der Waals surface area contributed by atoms with Crippen LogP contribution in [0.15, 0.2) is 53.3 Å². The number of benzene rings is 1. The molecule has 2 aromatic rings. The van der Waals surface area contributed by atoms with Crippen LogP contribution < -0.4 is 5.56 Å². The number of nitrogens with one attached hydrogen (secondary N) is 1. The first-order valence-corrected chi connectivity index (χ1v) is 8.87. The van der Waals surface area contributed by atoms with Crippen LogP contribution in [0.1, 0.15) is 24.1 Å². The molecule has 0 atom stereocenters. The molecule has 138 valence electrons. The van der Waals surface area contributed by atoms with Crippen molar-refractivity contribution < 1.29 is 9.13 Å². The standard InChI is InChI=1S/C20H24FN3O2/c1-26-14-17(12-16-4-2-3-5-18(16)21)15-6-10-24(11-7-15)13-19-20(25)23-9-8-22-19/h2-5,8-9,14-15H,6-7,10-13H2,1H3,(H,23,25)/b17-14+. The molecule has 2 heterocycles. The Bertz CT molecular complexity index is 810. The number of likely N-dealkylation sites (tertiary alicyclic amines) is 1. The summed E-state index contributed by atoms with van der Waals surface area (Å²) in [5, 5.41) is 0. The van der Waals surface area contributed by atoms with Gasteiger partial charge in [-0.2, -0.15) is 0 Å². The Morgan fingerprint density at radius 3 is 2.85 bits per heavy atom. The van der Waals surface area contributed by atoms with Gasteiger partial charge in [-0.15, -0.1) is 0 Å². The first kappa shape index (κ1) is 18.3. The number of nitrogens with zero attached hydrogens (tertiary/aromatic N) is 2. The summed E-state index contributed by atoms with van der Waals surface area (Å²) in [6, 6.07) is 6.88. The number of aromatic nitrogens is 2. The van der Waals surface area contributed by atoms with Crippen LogP contribution in [0.2, 0.25) is 0 Å². The monoisotopic (exact) mass is 357 g/mol. The second-order valence-corrected chi connectivity index (χ2v) is 6.61. The van der Waals surface area contributed by atoms with Crippen LogP contribution in [0.3, 0.4) is 0 Å². The second-order valence-electron chi connectivity index (χ2n) is 6.61. The van der Waals surface area contributed by atoms with Gasteiger partial charge in [0.1, 0.15) is 11.5 Å². The summed E-state index contributed by atoms with van der Waals surface area (Å²) in [6.07, 6.45) is 7.38. The van der Waals surface area contributed by atoms with E-state index in [1.165, 1.54) is 6.07 Å². The molecule has 26 heavy (non-hydrogen) atoms. The van der Waals surface area contributed by atoms with E-state index in [1.54, 1.807) is 31.8 Å². The van der Waals surface area contributed by atoms with Gasteiger partial charge in [0.2, 0.25) is 0 Å². The largest absolute Gasteiger partial charge is 0.504 e. The lowest BCUT2D eigenvalue weighted by molar-refractivity contribution is 0.185. The molecule has 0 bridgehead atoms. The zero-order valence-electron chi connectivity index (χ0n) is 15.0. The van der Waals surface area contributed by atoms with Crippen molar-refractivity contribution in [2.75, 3.05) is 20.2 Å². The number of rotatable bonds is 6. The lowest BCUT2D eigenvalue weighted by Gasteiger charge is -2.32. The second kappa shape index (κ2) is 8.76. The average Bonchev–Trinajstić information content (AvgIpc) is 2.66. The molecule has 0 spiro atoms. The fourth-order valence-electron chi connectivity index (χ4n) is 3.46. The minimum Gasteiger partial charge on any atom is -0.504 e. The van der Waals surface area contributed by atoms with E-state index in [1.807, 2.05) is 12.1 Å². The highest BCUT2D eigenvalue weighted by atomic mass is 19.1. The van der Waals surface area contributed by atoms with Crippen molar-refractivity contribution in [3.8, 4) is 0 Å². The summed E-state index contributed by atoms with van der Waals surface area (Å²) in [5.74, 6) is 0.175. The highest BCUT2D eigenvalue weighted by Gasteiger charge is 2.24. The molecule has 1 aromatic carbocycles. The smallest absolute Gasteiger partial charge is 0.270 e. The zero-order valence-corrected chi connectivity index (χ0v) is 15.0. The lowest BCUT2D eigenvalue weighted by Crippen LogP contribution is -2.36. The van der Waals surface area contributed by atoms with Crippen molar-refractivity contribution in [2.45, 2.75) is 25.8 Å². The van der Waals surface area contributed by atoms with Gasteiger partial charge >= 0.3 is 0 Å². The van der Waals surface area contributed by atoms with Crippen molar-refractivity contribution >= 4 is 0 Å². The molecule has 1 saturated heterocycles. The third kappa shape index (κ3) is 4.58. The number of H-pyrrole nitrogens is 1. The Morgan fingerprint density at radius 1 is 1.38 bits per heavy atom. The maximum atomic E-state index is 14.0. The summed E-state index contributed by atoms with van der Waals surface area (Å²) in [5.41, 5.74) is 2.23. The highest BCUT2D eigenvalue weighted by molar-refractivity contribution is 5.24. The summed E-state index contributed by atoms with van der Waals surface area (Å²) >= 11 is 0. The number of halogens is 1. The van der Waals surface area contributed by atoms with E-state index in [2.05, 4.69) is 14.9 Å². The van der Waals surface area contributed by atoms with Gasteiger partial charge in [-0.05, 0) is 55.5 Å². The number of ether oxygens (including phenoxy) is 1. The van der Waals surface area contributed by atoms with Gasteiger partial charge in [0.15, 0.2) is 0 Å². The minimum atomic E-state index is -0.179. The van der Waals surface area contributed by atoms with Crippen molar-refractivity contribution in [2.24, 2.45) is 5.92 Å². The van der Waals surface area contributed by atoms with E-state index < -0.39 is 0 Å². The van der Waals surface area contributed by atoms with E-state index in [-0.39, 0.29) is 11.4 Å². The van der Waals surface area contributed by atoms with Crippen molar-refractivity contribution in [3.05, 3.63) is 75.9 Å². The Balaban J connectivity index is 1.61. The fourth-order valence-corrected chi connectivity index (χ4v) is 3.46. The Hall–Kier alpha value is -2.47. The molecular formula is C20H24FN3O2. The zero-order chi connectivity index (χ0) is 18.4. The van der Waals surface area contributed by atoms with Gasteiger partial charge < -0.3 is 9.72 Å². The maximum absolute atomic E-state index is 14.0. The lowest BCUT2D eigenvalue weighted by atomic mass is 9.86. The predicted molar refractivity (Wildman–Crippen MR) is 98.1 cm³/mol. The topological polar surface area (TPSA) is 58.2 Å². The van der Waals surface area contributed by atoms with Crippen LogP contribution in [-0.2, 0) is 17.7 Å². The molecule has 3 rings (SSSR count). The molecule has 0 unspecified atom stereocenters. The predicted octanol–water partition coefficient (Wildman–Crippen LogP) is 2.89. The summed E-state index contributed by atoms with van der Waals surface area (Å²) < 4.78 is 19.2. The molecule has 1 fully saturated rings. The van der Waals surface area contributed by atoms with E-state index >= 15 is 0 Å². The molecule has 0 aliphatic carbocycles. The number of hydrogen-bond acceptors (Lipinski definition) is 4. The number of allylic oxidation sites excluding steroid dienone is 1. The van der Waals surface area contributed by atoms with Crippen molar-refractivity contribution in [1.29, 1.82) is 0 Å². The number of aromatic amines is 1. The molecule has 1 N–H and O–H groups in total. The fraction of sp³-hybridized carbons (Fsp3) is 0.400. The first-order chi connectivity index (χ1) is 12.7. The van der Waals surface area contributed by atoms with Crippen LogP contribution in [0, 0.1) is 11.7 Å². The third-order valence-electron chi connectivity index (χ3n) is 4.89. The van der Waals surface area contributed by atoms with E-state index in [0.717, 1.165) is 31.5 Å². The Labute approximate surface area is 152 Å². The molecule has 1 aliphatic heterocycles. The minimum absolute atomic E-state index is 0.130. The van der Waals surface area contributed by atoms with Gasteiger partial charge in [0.25, 0.3) is 5.56 Å². The van der Waals surface area contributed by atoms with Crippen LogP contribution >= 0.6 is 0 Å². The van der Waals surface area contributed by atoms with E-state index in [0.29, 0.717) is 30.1 Å². The molecule has 1 aromatic heterocycles. The SMILES string of the molecule is CO/C=C(\Cc1ccccc1F)C1CCN(Cc2ncc[nH]c2=O)CC1. The van der Waals surface area contributed by atoms with Crippen LogP contribution in [0.25, 0.3) is 0 Å². The Morgan fingerprint density at radius 2 is 2.15 bits per heavy atom. The highest BCUT2D eigenvalue weighted by Crippen LogP contribution is 2.28. The first-order valence-electron chi connectivity index (χ1n) is 8.87. The Kier molecular flexibility index (Phi) is 6.17. The van der Waals surface area contributed by atoms with E-state index in [4.69, 9.17) is 4.74 Å². The van der Waals surface area contributed by atoms with Crippen molar-refractivity contribution in [1.82, 2.24) is 14.9 Å². The molecular weight excluding hydrogens is 333 g/mol. The van der Waals surface area contributed by atoms with Gasteiger partial charge in [0.05, 0.1) is 13.4 Å². The number of piperidine rings is 1. The summed E-state index contributed by atoms with van der Waals surface area (Å²) in [6.45, 7) is 2.30. The van der Waals surface area contributed by atoms with Gasteiger partial charge in [-0.1, -0.05) is 18.2 Å². The van der Waals surface area contributed by atoms with Gasteiger partial charge in [0, 0.05) is 18.9 Å². The number of methoxy groups -OCH3 is 1. The summed E-state index contributed by atoms with van der Waals surface area (Å²) in [7, 11) is 1.63. The number of hydrogen-bond donors (Lipinski definition) is 1. The van der Waals surface area contributed by atoms with Crippen LogP contribution in [0.5, 0.6) is 0 Å². The molecule has 5 nitrogen and oxygen atoms in total. The molecule has 0 radical (unpaired) electrons. The molecule has 6 heteroatoms. The van der Waals surface area contributed by atoms with Crippen molar-refractivity contribution in [3.63, 3.8) is 0 Å². The quantitative estimate of drug-likeness (QED) is 0.808. The van der Waals surface area contributed by atoms with Crippen LogP contribution in [0.4, 0.5) is 4.39 Å². The third-order valence-corrected chi connectivity index (χ3v) is 4.89. The molecule has 0 amide bonds. The normalized spacial score (nSPS) is 16.6. The molecule has 1 aliphatic rings. The average molecular weight is 357 g/mol. The van der Waals surface area contributed by atoms with Gasteiger partial charge in [-0.3, -0.25) is 14.7 Å². The summed E-state index contributed by atoms with van der Waals surface area (Å²) in [4.78, 5) is 20.8. The van der Waals surface area contributed by atoms with Crippen LogP contribution in [-0.4, -0.2) is 35.1 Å². The molecule has 0 saturated carbocycles. The van der Waals surface area contributed by atoms with E-state index in [9.17, 15) is 9.18 Å². The van der Waals surface area contributed by atoms with Gasteiger partial charge in [-0.25, -0.2) is 4.39 Å². The maximum Gasteiger partial charge on any atom is 0.270 e.